The molecular weight excluding hydrogens is 294 g/mol. The van der Waals surface area contributed by atoms with Gasteiger partial charge in [-0.25, -0.2) is 8.51 Å². The van der Waals surface area contributed by atoms with Crippen LogP contribution in [-0.4, -0.2) is 25.4 Å². The molecule has 0 saturated heterocycles. The van der Waals surface area contributed by atoms with Gasteiger partial charge >= 0.3 is 0 Å². The van der Waals surface area contributed by atoms with Gasteiger partial charge in [0.1, 0.15) is 17.1 Å². The fraction of sp³-hybridized carbons (Fsp3) is 0.556. The van der Waals surface area contributed by atoms with Crippen molar-refractivity contribution < 1.29 is 8.95 Å². The molecule has 22 heavy (non-hydrogen) atoms. The zero-order valence-electron chi connectivity index (χ0n) is 14.0. The molecule has 4 heteroatoms. The summed E-state index contributed by atoms with van der Waals surface area (Å²) in [5.74, 6) is 0. The first-order valence-corrected chi connectivity index (χ1v) is 9.03. The first-order chi connectivity index (χ1) is 10.4. The minimum Gasteiger partial charge on any atom is -0.497 e. The third-order valence-electron chi connectivity index (χ3n) is 3.88. The van der Waals surface area contributed by atoms with E-state index in [4.69, 9.17) is 4.74 Å². The molecule has 0 bridgehead atoms. The van der Waals surface area contributed by atoms with Crippen LogP contribution in [0.3, 0.4) is 0 Å². The van der Waals surface area contributed by atoms with Crippen LogP contribution in [0.2, 0.25) is 0 Å². The second-order valence-electron chi connectivity index (χ2n) is 6.79. The molecule has 0 radical (unpaired) electrons. The molecule has 1 unspecified atom stereocenters. The highest BCUT2D eigenvalue weighted by molar-refractivity contribution is 7.84. The Bertz CT molecular complexity index is 522. The summed E-state index contributed by atoms with van der Waals surface area (Å²) in [4.78, 5) is 0. The molecule has 0 spiro atoms. The molecule has 1 aliphatic rings. The van der Waals surface area contributed by atoms with Gasteiger partial charge in [0.25, 0.3) is 0 Å². The van der Waals surface area contributed by atoms with Gasteiger partial charge in [0.05, 0.1) is 17.1 Å². The average molecular weight is 321 g/mol. The summed E-state index contributed by atoms with van der Waals surface area (Å²) in [6.45, 7) is 8.87. The van der Waals surface area contributed by atoms with Crippen molar-refractivity contribution in [2.24, 2.45) is 0 Å². The zero-order chi connectivity index (χ0) is 16.2. The summed E-state index contributed by atoms with van der Waals surface area (Å²) in [5.41, 5.74) is 1.18. The van der Waals surface area contributed by atoms with E-state index in [0.29, 0.717) is 6.54 Å². The Morgan fingerprint density at radius 2 is 2.00 bits per heavy atom. The number of ether oxygens (including phenoxy) is 1. The maximum Gasteiger partial charge on any atom is 0.114 e. The van der Waals surface area contributed by atoms with Gasteiger partial charge < -0.3 is 4.74 Å². The fourth-order valence-corrected chi connectivity index (χ4v) is 3.97. The van der Waals surface area contributed by atoms with E-state index >= 15 is 0 Å². The van der Waals surface area contributed by atoms with Crippen LogP contribution in [-0.2, 0) is 22.3 Å². The Labute approximate surface area is 136 Å². The third-order valence-corrected chi connectivity index (χ3v) is 5.81. The quantitative estimate of drug-likeness (QED) is 0.819. The van der Waals surface area contributed by atoms with Crippen LogP contribution < -0.4 is 0 Å². The van der Waals surface area contributed by atoms with Crippen LogP contribution >= 0.6 is 0 Å². The van der Waals surface area contributed by atoms with Crippen molar-refractivity contribution in [3.05, 3.63) is 48.2 Å². The lowest BCUT2D eigenvalue weighted by Crippen LogP contribution is -2.47. The lowest BCUT2D eigenvalue weighted by atomic mass is 10.1. The normalized spacial score (nSPS) is 21.4. The molecule has 2 rings (SSSR count). The van der Waals surface area contributed by atoms with E-state index in [1.807, 2.05) is 45.0 Å². The van der Waals surface area contributed by atoms with Crippen LogP contribution in [0, 0.1) is 0 Å². The largest absolute Gasteiger partial charge is 0.497 e. The Kier molecular flexibility index (Phi) is 5.81. The lowest BCUT2D eigenvalue weighted by molar-refractivity contribution is 0.0633. The molecule has 0 fully saturated rings. The van der Waals surface area contributed by atoms with E-state index in [2.05, 4.69) is 23.4 Å². The molecule has 122 valence electrons. The molecule has 1 aliphatic heterocycles. The van der Waals surface area contributed by atoms with E-state index in [-0.39, 0.29) is 16.9 Å². The van der Waals surface area contributed by atoms with Gasteiger partial charge in [-0.05, 0) is 52.2 Å². The van der Waals surface area contributed by atoms with E-state index in [0.717, 1.165) is 12.8 Å². The van der Waals surface area contributed by atoms with Crippen molar-refractivity contribution >= 4 is 11.0 Å². The highest BCUT2D eigenvalue weighted by Crippen LogP contribution is 2.25. The van der Waals surface area contributed by atoms with Crippen LogP contribution in [0.1, 0.15) is 46.1 Å². The van der Waals surface area contributed by atoms with Gasteiger partial charge in [0.2, 0.25) is 0 Å². The van der Waals surface area contributed by atoms with Gasteiger partial charge in [-0.3, -0.25) is 0 Å². The topological polar surface area (TPSA) is 29.5 Å². The molecule has 1 aromatic rings. The lowest BCUT2D eigenvalue weighted by Gasteiger charge is -2.37. The molecule has 0 aromatic heterocycles. The van der Waals surface area contributed by atoms with E-state index < -0.39 is 11.0 Å². The second kappa shape index (κ2) is 7.42. The van der Waals surface area contributed by atoms with E-state index in [9.17, 15) is 4.21 Å². The van der Waals surface area contributed by atoms with Crippen LogP contribution in [0.15, 0.2) is 42.7 Å². The minimum atomic E-state index is -1.08. The smallest absolute Gasteiger partial charge is 0.114 e. The monoisotopic (exact) mass is 321 g/mol. The van der Waals surface area contributed by atoms with E-state index in [1.165, 1.54) is 5.56 Å². The molecule has 3 atom stereocenters. The Hall–Kier alpha value is -1.13. The molecular formula is C18H27NO2S. The van der Waals surface area contributed by atoms with Crippen LogP contribution in [0.5, 0.6) is 0 Å². The van der Waals surface area contributed by atoms with E-state index in [1.54, 1.807) is 6.26 Å². The summed E-state index contributed by atoms with van der Waals surface area (Å²) in [6.07, 6.45) is 5.93. The number of nitrogens with zero attached hydrogens (tertiary/aromatic N) is 1. The minimum absolute atomic E-state index is 0.0972. The number of rotatable bonds is 5. The molecule has 0 N–H and O–H groups in total. The third kappa shape index (κ3) is 4.43. The van der Waals surface area contributed by atoms with Crippen LogP contribution in [0.25, 0.3) is 0 Å². The molecule has 0 aliphatic carbocycles. The van der Waals surface area contributed by atoms with Crippen molar-refractivity contribution in [2.75, 3.05) is 0 Å². The molecule has 1 aromatic carbocycles. The summed E-state index contributed by atoms with van der Waals surface area (Å²) in [6, 6.07) is 10.3. The Morgan fingerprint density at radius 1 is 1.32 bits per heavy atom. The molecule has 1 heterocycles. The van der Waals surface area contributed by atoms with Crippen molar-refractivity contribution in [1.29, 1.82) is 0 Å². The highest BCUT2D eigenvalue weighted by Gasteiger charge is 2.34. The maximum atomic E-state index is 13.0. The van der Waals surface area contributed by atoms with Crippen molar-refractivity contribution in [3.63, 3.8) is 0 Å². The van der Waals surface area contributed by atoms with Gasteiger partial charge in [-0.15, -0.1) is 0 Å². The first kappa shape index (κ1) is 17.2. The SMILES string of the molecule is C[C@@H]([C@@H]1CCC=CO1)N(Cc1ccccc1)S(=O)C(C)(C)C. The number of hydrogen-bond donors (Lipinski definition) is 0. The molecule has 0 saturated carbocycles. The van der Waals surface area contributed by atoms with Crippen molar-refractivity contribution in [1.82, 2.24) is 4.31 Å². The van der Waals surface area contributed by atoms with Gasteiger partial charge in [-0.1, -0.05) is 30.3 Å². The fourth-order valence-electron chi connectivity index (χ4n) is 2.56. The maximum absolute atomic E-state index is 13.0. The predicted molar refractivity (Wildman–Crippen MR) is 92.6 cm³/mol. The van der Waals surface area contributed by atoms with Gasteiger partial charge in [0, 0.05) is 6.54 Å². The summed E-state index contributed by atoms with van der Waals surface area (Å²) in [7, 11) is -1.08. The van der Waals surface area contributed by atoms with Crippen molar-refractivity contribution in [2.45, 2.75) is 64.0 Å². The Balaban J connectivity index is 2.20. The summed E-state index contributed by atoms with van der Waals surface area (Å²) >= 11 is 0. The highest BCUT2D eigenvalue weighted by atomic mass is 32.2. The number of allylic oxidation sites excluding steroid dienone is 1. The number of benzene rings is 1. The van der Waals surface area contributed by atoms with Gasteiger partial charge in [0.15, 0.2) is 0 Å². The molecule has 0 amide bonds. The van der Waals surface area contributed by atoms with Crippen LogP contribution in [0.4, 0.5) is 0 Å². The summed E-state index contributed by atoms with van der Waals surface area (Å²) < 4.78 is 20.6. The summed E-state index contributed by atoms with van der Waals surface area (Å²) in [5, 5.41) is 0. The molecule has 3 nitrogen and oxygen atoms in total. The zero-order valence-corrected chi connectivity index (χ0v) is 14.8. The predicted octanol–water partition coefficient (Wildman–Crippen LogP) is 4.03. The second-order valence-corrected chi connectivity index (χ2v) is 8.98. The van der Waals surface area contributed by atoms with Crippen molar-refractivity contribution in [3.8, 4) is 0 Å². The standard InChI is InChI=1S/C18H27NO2S/c1-15(17-12-8-9-13-21-17)19(22(20)18(2,3)4)14-16-10-6-5-7-11-16/h5-7,9-11,13,15,17H,8,12,14H2,1-4H3/t15-,17-,22?/m0/s1. The first-order valence-electron chi connectivity index (χ1n) is 7.92. The average Bonchev–Trinajstić information content (AvgIpc) is 2.52. The Morgan fingerprint density at radius 3 is 2.55 bits per heavy atom. The van der Waals surface area contributed by atoms with Gasteiger partial charge in [-0.2, -0.15) is 0 Å². The number of hydrogen-bond acceptors (Lipinski definition) is 2.